The number of methoxy groups -OCH3 is 2. The van der Waals surface area contributed by atoms with E-state index in [1.54, 1.807) is 6.07 Å². The predicted molar refractivity (Wildman–Crippen MR) is 54.9 cm³/mol. The summed E-state index contributed by atoms with van der Waals surface area (Å²) < 4.78 is 23.8. The van der Waals surface area contributed by atoms with E-state index in [4.69, 9.17) is 9.47 Å². The smallest absolute Gasteiger partial charge is 0.159 e. The molecule has 0 atom stereocenters. The van der Waals surface area contributed by atoms with Gasteiger partial charge in [-0.25, -0.2) is 4.39 Å². The molecule has 0 aliphatic rings. The van der Waals surface area contributed by atoms with Gasteiger partial charge in [-0.15, -0.1) is 0 Å². The maximum absolute atomic E-state index is 13.4. The Bertz CT molecular complexity index is 300. The van der Waals surface area contributed by atoms with Crippen LogP contribution in [0, 0.1) is 5.82 Å². The summed E-state index contributed by atoms with van der Waals surface area (Å²) in [6.45, 7) is 0. The van der Waals surface area contributed by atoms with Gasteiger partial charge in [0, 0.05) is 6.07 Å². The summed E-state index contributed by atoms with van der Waals surface area (Å²) in [5.41, 5.74) is 0. The Morgan fingerprint density at radius 2 is 1.46 bits per heavy atom. The highest BCUT2D eigenvalue weighted by Crippen LogP contribution is 2.39. The van der Waals surface area contributed by atoms with Gasteiger partial charge in [-0.3, -0.25) is 0 Å². The molecule has 0 aliphatic heterocycles. The molecule has 13 heavy (non-hydrogen) atoms. The number of hydrogen-bond acceptors (Lipinski definition) is 2. The number of halogens is 3. The Labute approximate surface area is 92.3 Å². The van der Waals surface area contributed by atoms with Gasteiger partial charge in [-0.05, 0) is 31.9 Å². The first kappa shape index (κ1) is 10.8. The zero-order valence-corrected chi connectivity index (χ0v) is 10.2. The van der Waals surface area contributed by atoms with E-state index in [-0.39, 0.29) is 8.95 Å². The van der Waals surface area contributed by atoms with Crippen molar-refractivity contribution in [1.82, 2.24) is 0 Å². The highest BCUT2D eigenvalue weighted by atomic mass is 79.9. The van der Waals surface area contributed by atoms with E-state index in [0.29, 0.717) is 11.5 Å². The van der Waals surface area contributed by atoms with E-state index in [0.717, 1.165) is 0 Å². The molecule has 0 fully saturated rings. The molecule has 1 rings (SSSR count). The van der Waals surface area contributed by atoms with Crippen molar-refractivity contribution >= 4 is 31.9 Å². The molecule has 0 bridgehead atoms. The number of benzene rings is 1. The predicted octanol–water partition coefficient (Wildman–Crippen LogP) is 3.37. The van der Waals surface area contributed by atoms with Crippen molar-refractivity contribution in [2.24, 2.45) is 0 Å². The Hall–Kier alpha value is -0.290. The summed E-state index contributed by atoms with van der Waals surface area (Å²) in [5.74, 6) is 0.367. The first-order valence-electron chi connectivity index (χ1n) is 3.37. The molecule has 72 valence electrons. The molecular formula is C8H7Br2FO2. The molecule has 0 saturated carbocycles. The summed E-state index contributed by atoms with van der Waals surface area (Å²) in [7, 11) is 2.93. The number of rotatable bonds is 2. The highest BCUT2D eigenvalue weighted by molar-refractivity contribution is 9.11. The van der Waals surface area contributed by atoms with E-state index in [1.807, 2.05) is 0 Å². The van der Waals surface area contributed by atoms with Crippen LogP contribution in [0.3, 0.4) is 0 Å². The Morgan fingerprint density at radius 1 is 1.08 bits per heavy atom. The lowest BCUT2D eigenvalue weighted by Crippen LogP contribution is -1.93. The van der Waals surface area contributed by atoms with E-state index in [1.165, 1.54) is 14.2 Å². The zero-order chi connectivity index (χ0) is 10.0. The van der Waals surface area contributed by atoms with Crippen molar-refractivity contribution in [3.05, 3.63) is 20.8 Å². The van der Waals surface area contributed by atoms with Crippen LogP contribution < -0.4 is 9.47 Å². The zero-order valence-electron chi connectivity index (χ0n) is 7.03. The molecule has 0 aromatic heterocycles. The minimum atomic E-state index is -0.434. The van der Waals surface area contributed by atoms with Crippen LogP contribution in [0.25, 0.3) is 0 Å². The van der Waals surface area contributed by atoms with Gasteiger partial charge in [0.05, 0.1) is 23.2 Å². The van der Waals surface area contributed by atoms with Crippen LogP contribution in [0.15, 0.2) is 15.0 Å². The quantitative estimate of drug-likeness (QED) is 0.779. The fourth-order valence-electron chi connectivity index (χ4n) is 0.856. The van der Waals surface area contributed by atoms with Crippen molar-refractivity contribution in [3.8, 4) is 11.5 Å². The molecule has 1 aromatic rings. The van der Waals surface area contributed by atoms with E-state index in [9.17, 15) is 4.39 Å². The lowest BCUT2D eigenvalue weighted by atomic mass is 10.3. The summed E-state index contributed by atoms with van der Waals surface area (Å²) in [6.07, 6.45) is 0. The summed E-state index contributed by atoms with van der Waals surface area (Å²) >= 11 is 6.14. The summed E-state index contributed by atoms with van der Waals surface area (Å²) in [4.78, 5) is 0. The molecule has 0 aliphatic carbocycles. The van der Waals surface area contributed by atoms with Gasteiger partial charge in [0.2, 0.25) is 0 Å². The van der Waals surface area contributed by atoms with E-state index >= 15 is 0 Å². The van der Waals surface area contributed by atoms with Gasteiger partial charge in [0.15, 0.2) is 5.82 Å². The first-order chi connectivity index (χ1) is 6.11. The van der Waals surface area contributed by atoms with Crippen LogP contribution in [-0.4, -0.2) is 14.2 Å². The van der Waals surface area contributed by atoms with Crippen molar-refractivity contribution < 1.29 is 13.9 Å². The first-order valence-corrected chi connectivity index (χ1v) is 4.96. The van der Waals surface area contributed by atoms with Crippen LogP contribution in [0.5, 0.6) is 11.5 Å². The second kappa shape index (κ2) is 4.28. The maximum Gasteiger partial charge on any atom is 0.159 e. The second-order valence-corrected chi connectivity index (χ2v) is 3.81. The van der Waals surface area contributed by atoms with Crippen molar-refractivity contribution in [2.45, 2.75) is 0 Å². The lowest BCUT2D eigenvalue weighted by Gasteiger charge is -2.09. The fraction of sp³-hybridized carbons (Fsp3) is 0.250. The molecule has 0 radical (unpaired) electrons. The molecule has 0 unspecified atom stereocenters. The standard InChI is InChI=1S/C8H7Br2FO2/c1-12-4-3-5(13-2)7(10)8(11)6(4)9/h3H,1-2H3. The maximum atomic E-state index is 13.4. The highest BCUT2D eigenvalue weighted by Gasteiger charge is 2.15. The van der Waals surface area contributed by atoms with Gasteiger partial charge in [0.25, 0.3) is 0 Å². The molecule has 5 heteroatoms. The molecule has 0 heterocycles. The van der Waals surface area contributed by atoms with Gasteiger partial charge in [0.1, 0.15) is 11.5 Å². The average Bonchev–Trinajstić information content (AvgIpc) is 2.15. The lowest BCUT2D eigenvalue weighted by molar-refractivity contribution is 0.383. The van der Waals surface area contributed by atoms with Gasteiger partial charge < -0.3 is 9.47 Å². The molecule has 2 nitrogen and oxygen atoms in total. The fourth-order valence-corrected chi connectivity index (χ4v) is 2.07. The monoisotopic (exact) mass is 312 g/mol. The van der Waals surface area contributed by atoms with E-state index in [2.05, 4.69) is 31.9 Å². The topological polar surface area (TPSA) is 18.5 Å². The molecule has 0 spiro atoms. The van der Waals surface area contributed by atoms with Crippen LogP contribution >= 0.6 is 31.9 Å². The molecule has 0 N–H and O–H groups in total. The third-order valence-corrected chi connectivity index (χ3v) is 3.00. The Kier molecular flexibility index (Phi) is 3.55. The third-order valence-electron chi connectivity index (χ3n) is 1.52. The summed E-state index contributed by atoms with van der Waals surface area (Å²) in [6, 6.07) is 1.59. The SMILES string of the molecule is COc1cc(OC)c(Br)c(F)c1Br. The largest absolute Gasteiger partial charge is 0.495 e. The molecule has 0 saturated heterocycles. The Balaban J connectivity index is 3.36. The van der Waals surface area contributed by atoms with Crippen molar-refractivity contribution in [1.29, 1.82) is 0 Å². The minimum absolute atomic E-state index is 0.280. The van der Waals surface area contributed by atoms with E-state index < -0.39 is 5.82 Å². The van der Waals surface area contributed by atoms with Crippen molar-refractivity contribution in [3.63, 3.8) is 0 Å². The van der Waals surface area contributed by atoms with Crippen LogP contribution in [0.1, 0.15) is 0 Å². The molecule has 1 aromatic carbocycles. The number of hydrogen-bond donors (Lipinski definition) is 0. The van der Waals surface area contributed by atoms with Crippen LogP contribution in [0.4, 0.5) is 4.39 Å². The van der Waals surface area contributed by atoms with Crippen LogP contribution in [0.2, 0.25) is 0 Å². The second-order valence-electron chi connectivity index (χ2n) is 2.22. The minimum Gasteiger partial charge on any atom is -0.495 e. The average molecular weight is 314 g/mol. The number of ether oxygens (including phenoxy) is 2. The normalized spacial score (nSPS) is 9.92. The molecular weight excluding hydrogens is 307 g/mol. The Morgan fingerprint density at radius 3 is 1.77 bits per heavy atom. The van der Waals surface area contributed by atoms with Gasteiger partial charge >= 0.3 is 0 Å². The third kappa shape index (κ3) is 1.96. The van der Waals surface area contributed by atoms with Crippen LogP contribution in [-0.2, 0) is 0 Å². The van der Waals surface area contributed by atoms with Gasteiger partial charge in [-0.1, -0.05) is 0 Å². The molecule has 0 amide bonds. The van der Waals surface area contributed by atoms with Gasteiger partial charge in [-0.2, -0.15) is 0 Å². The van der Waals surface area contributed by atoms with Crippen molar-refractivity contribution in [2.75, 3.05) is 14.2 Å². The summed E-state index contributed by atoms with van der Waals surface area (Å²) in [5, 5.41) is 0.